The molecule has 0 heterocycles. The van der Waals surface area contributed by atoms with Gasteiger partial charge in [0.05, 0.1) is 19.6 Å². The maximum Gasteiger partial charge on any atom is 0.239 e. The number of carbonyl (C=O) groups excluding carboxylic acids is 3. The van der Waals surface area contributed by atoms with E-state index in [2.05, 4.69) is 16.0 Å². The summed E-state index contributed by atoms with van der Waals surface area (Å²) in [4.78, 5) is 32.5. The van der Waals surface area contributed by atoms with Crippen LogP contribution in [-0.4, -0.2) is 50.4 Å². The lowest BCUT2D eigenvalue weighted by Gasteiger charge is -2.06. The molecule has 0 aromatic carbocycles. The number of rotatable bonds is 7. The molecular formula is C8H17N5O3. The van der Waals surface area contributed by atoms with Gasteiger partial charge in [0.15, 0.2) is 0 Å². The molecule has 0 saturated carbocycles. The summed E-state index contributed by atoms with van der Waals surface area (Å²) in [6.45, 7) is 0.219. The van der Waals surface area contributed by atoms with Crippen molar-refractivity contribution < 1.29 is 14.4 Å². The summed E-state index contributed by atoms with van der Waals surface area (Å²) >= 11 is 0. The molecule has 0 saturated heterocycles. The lowest BCUT2D eigenvalue weighted by molar-refractivity contribution is -0.125. The summed E-state index contributed by atoms with van der Waals surface area (Å²) in [6.07, 6.45) is 0. The van der Waals surface area contributed by atoms with Gasteiger partial charge >= 0.3 is 0 Å². The number of carbonyl (C=O) groups is 3. The summed E-state index contributed by atoms with van der Waals surface area (Å²) in [5, 5.41) is 7.28. The third-order valence-electron chi connectivity index (χ3n) is 1.59. The highest BCUT2D eigenvalue weighted by Crippen LogP contribution is 1.66. The lowest BCUT2D eigenvalue weighted by Crippen LogP contribution is -2.42. The van der Waals surface area contributed by atoms with Crippen LogP contribution in [-0.2, 0) is 14.4 Å². The van der Waals surface area contributed by atoms with Gasteiger partial charge in [0.1, 0.15) is 0 Å². The minimum atomic E-state index is -0.397. The molecule has 16 heavy (non-hydrogen) atoms. The SMILES string of the molecule is NCC(=O)NCCNC(=O)CNC(=O)CN. The van der Waals surface area contributed by atoms with Crippen molar-refractivity contribution in [3.8, 4) is 0 Å². The third kappa shape index (κ3) is 7.71. The van der Waals surface area contributed by atoms with E-state index in [9.17, 15) is 14.4 Å². The number of hydrogen-bond donors (Lipinski definition) is 5. The molecule has 0 fully saturated rings. The van der Waals surface area contributed by atoms with Gasteiger partial charge in [-0.15, -0.1) is 0 Å². The fourth-order valence-corrected chi connectivity index (χ4v) is 0.790. The molecule has 8 nitrogen and oxygen atoms in total. The maximum atomic E-state index is 11.1. The van der Waals surface area contributed by atoms with E-state index in [-0.39, 0.29) is 38.0 Å². The molecular weight excluding hydrogens is 214 g/mol. The largest absolute Gasteiger partial charge is 0.353 e. The van der Waals surface area contributed by atoms with Gasteiger partial charge in [0.2, 0.25) is 17.7 Å². The molecule has 3 amide bonds. The summed E-state index contributed by atoms with van der Waals surface area (Å²) in [5.74, 6) is -1.03. The number of nitrogens with one attached hydrogen (secondary N) is 3. The zero-order valence-electron chi connectivity index (χ0n) is 8.91. The molecule has 0 atom stereocenters. The van der Waals surface area contributed by atoms with E-state index in [1.54, 1.807) is 0 Å². The van der Waals surface area contributed by atoms with E-state index in [0.717, 1.165) is 0 Å². The fraction of sp³-hybridized carbons (Fsp3) is 0.625. The van der Waals surface area contributed by atoms with Crippen molar-refractivity contribution >= 4 is 17.7 Å². The van der Waals surface area contributed by atoms with E-state index < -0.39 is 5.91 Å². The van der Waals surface area contributed by atoms with Crippen LogP contribution in [0.3, 0.4) is 0 Å². The number of amides is 3. The van der Waals surface area contributed by atoms with Crippen LogP contribution in [0.15, 0.2) is 0 Å². The van der Waals surface area contributed by atoms with Crippen molar-refractivity contribution in [2.24, 2.45) is 11.5 Å². The Labute approximate surface area is 93.1 Å². The summed E-state index contributed by atoms with van der Waals surface area (Å²) in [6, 6.07) is 0. The molecule has 0 aliphatic heterocycles. The molecule has 0 aromatic rings. The van der Waals surface area contributed by atoms with Crippen molar-refractivity contribution in [1.82, 2.24) is 16.0 Å². The molecule has 7 N–H and O–H groups in total. The van der Waals surface area contributed by atoms with E-state index in [4.69, 9.17) is 11.5 Å². The first-order valence-corrected chi connectivity index (χ1v) is 4.80. The first-order valence-electron chi connectivity index (χ1n) is 4.80. The van der Waals surface area contributed by atoms with E-state index in [1.807, 2.05) is 0 Å². The first kappa shape index (κ1) is 14.3. The Balaban J connectivity index is 3.44. The highest BCUT2D eigenvalue weighted by Gasteiger charge is 2.03. The van der Waals surface area contributed by atoms with Gasteiger partial charge in [-0.3, -0.25) is 14.4 Å². The zero-order chi connectivity index (χ0) is 12.4. The van der Waals surface area contributed by atoms with E-state index in [0.29, 0.717) is 6.54 Å². The van der Waals surface area contributed by atoms with Crippen molar-refractivity contribution in [1.29, 1.82) is 0 Å². The second-order valence-electron chi connectivity index (χ2n) is 2.88. The Hall–Kier alpha value is -1.67. The Morgan fingerprint density at radius 3 is 1.69 bits per heavy atom. The van der Waals surface area contributed by atoms with Gasteiger partial charge in [0, 0.05) is 13.1 Å². The van der Waals surface area contributed by atoms with Crippen molar-refractivity contribution in [3.05, 3.63) is 0 Å². The Morgan fingerprint density at radius 1 is 0.750 bits per heavy atom. The van der Waals surface area contributed by atoms with Crippen LogP contribution in [0.4, 0.5) is 0 Å². The quantitative estimate of drug-likeness (QED) is 0.286. The second kappa shape index (κ2) is 8.62. The predicted octanol–water partition coefficient (Wildman–Crippen LogP) is -3.75. The molecule has 92 valence electrons. The Kier molecular flexibility index (Phi) is 7.72. The van der Waals surface area contributed by atoms with Crippen LogP contribution in [0.5, 0.6) is 0 Å². The average molecular weight is 231 g/mol. The average Bonchev–Trinajstić information content (AvgIpc) is 2.31. The minimum absolute atomic E-state index is 0.0828. The topological polar surface area (TPSA) is 139 Å². The molecule has 0 spiro atoms. The van der Waals surface area contributed by atoms with Gasteiger partial charge in [-0.05, 0) is 0 Å². The molecule has 0 unspecified atom stereocenters. The van der Waals surface area contributed by atoms with E-state index in [1.165, 1.54) is 0 Å². The summed E-state index contributed by atoms with van der Waals surface area (Å²) in [7, 11) is 0. The fourth-order valence-electron chi connectivity index (χ4n) is 0.790. The van der Waals surface area contributed by atoms with Gasteiger partial charge in [-0.25, -0.2) is 0 Å². The third-order valence-corrected chi connectivity index (χ3v) is 1.59. The van der Waals surface area contributed by atoms with Crippen LogP contribution in [0.1, 0.15) is 0 Å². The van der Waals surface area contributed by atoms with Gasteiger partial charge in [0.25, 0.3) is 0 Å². The number of nitrogens with two attached hydrogens (primary N) is 2. The van der Waals surface area contributed by atoms with Gasteiger partial charge in [-0.2, -0.15) is 0 Å². The molecule has 0 aliphatic rings. The van der Waals surface area contributed by atoms with Crippen LogP contribution in [0, 0.1) is 0 Å². The van der Waals surface area contributed by atoms with Crippen LogP contribution >= 0.6 is 0 Å². The molecule has 0 aliphatic carbocycles. The second-order valence-corrected chi connectivity index (χ2v) is 2.88. The van der Waals surface area contributed by atoms with Gasteiger partial charge in [-0.1, -0.05) is 0 Å². The maximum absolute atomic E-state index is 11.1. The minimum Gasteiger partial charge on any atom is -0.353 e. The smallest absolute Gasteiger partial charge is 0.239 e. The van der Waals surface area contributed by atoms with Crippen LogP contribution < -0.4 is 27.4 Å². The van der Waals surface area contributed by atoms with Crippen molar-refractivity contribution in [2.75, 3.05) is 32.7 Å². The summed E-state index contributed by atoms with van der Waals surface area (Å²) in [5.41, 5.74) is 10.1. The Bertz CT molecular complexity index is 256. The standard InChI is InChI=1S/C8H17N5O3/c9-3-6(14)11-1-2-12-8(16)5-13-7(15)4-10/h1-5,9-10H2,(H,11,14)(H,12,16)(H,13,15). The zero-order valence-corrected chi connectivity index (χ0v) is 8.91. The lowest BCUT2D eigenvalue weighted by atomic mass is 10.5. The summed E-state index contributed by atoms with van der Waals surface area (Å²) < 4.78 is 0. The molecule has 0 bridgehead atoms. The molecule has 0 rings (SSSR count). The van der Waals surface area contributed by atoms with Crippen molar-refractivity contribution in [3.63, 3.8) is 0 Å². The first-order chi connectivity index (χ1) is 7.60. The normalized spacial score (nSPS) is 9.38. The monoisotopic (exact) mass is 231 g/mol. The highest BCUT2D eigenvalue weighted by atomic mass is 16.2. The van der Waals surface area contributed by atoms with Gasteiger partial charge < -0.3 is 27.4 Å². The predicted molar refractivity (Wildman–Crippen MR) is 57.1 cm³/mol. The van der Waals surface area contributed by atoms with Crippen LogP contribution in [0.25, 0.3) is 0 Å². The Morgan fingerprint density at radius 2 is 1.19 bits per heavy atom. The molecule has 8 heteroatoms. The highest BCUT2D eigenvalue weighted by molar-refractivity contribution is 5.85. The van der Waals surface area contributed by atoms with E-state index >= 15 is 0 Å². The van der Waals surface area contributed by atoms with Crippen LogP contribution in [0.2, 0.25) is 0 Å². The van der Waals surface area contributed by atoms with Crippen molar-refractivity contribution in [2.45, 2.75) is 0 Å². The molecule has 0 radical (unpaired) electrons. The molecule has 0 aromatic heterocycles. The number of hydrogen-bond acceptors (Lipinski definition) is 5.